The number of aryl methyl sites for hydroxylation is 1. The van der Waals surface area contributed by atoms with Crippen LogP contribution in [0.3, 0.4) is 0 Å². The summed E-state index contributed by atoms with van der Waals surface area (Å²) in [5.41, 5.74) is 6.48. The van der Waals surface area contributed by atoms with Gasteiger partial charge in [0.1, 0.15) is 16.2 Å². The van der Waals surface area contributed by atoms with Crippen molar-refractivity contribution in [2.24, 2.45) is 0 Å². The molecule has 0 saturated carbocycles. The maximum atomic E-state index is 4.79. The molecule has 6 rings (SSSR count). The quantitative estimate of drug-likeness (QED) is 0.342. The Morgan fingerprint density at radius 3 is 2.88 bits per heavy atom. The number of thiazole rings is 1. The van der Waals surface area contributed by atoms with Crippen LogP contribution in [0.1, 0.15) is 29.2 Å². The van der Waals surface area contributed by atoms with Crippen molar-refractivity contribution in [2.75, 3.05) is 18.4 Å². The van der Waals surface area contributed by atoms with E-state index in [1.165, 1.54) is 28.9 Å². The summed E-state index contributed by atoms with van der Waals surface area (Å²) in [6.07, 6.45) is 4.88. The monoisotopic (exact) mass is 467 g/mol. The molecule has 1 atom stereocenters. The molecule has 0 spiro atoms. The SMILES string of the molecule is Cc1[nH]ncc1-c1ccc2nc(Nc3cc(CN4CCC(c5ccccc5)C4)ccn3)sc2n1. The van der Waals surface area contributed by atoms with Gasteiger partial charge in [0, 0.05) is 30.5 Å². The van der Waals surface area contributed by atoms with E-state index in [0.29, 0.717) is 5.92 Å². The van der Waals surface area contributed by atoms with Gasteiger partial charge < -0.3 is 5.32 Å². The maximum absolute atomic E-state index is 4.79. The van der Waals surface area contributed by atoms with Crippen LogP contribution in [0, 0.1) is 6.92 Å². The van der Waals surface area contributed by atoms with Crippen molar-refractivity contribution >= 4 is 32.6 Å². The van der Waals surface area contributed by atoms with E-state index >= 15 is 0 Å². The smallest absolute Gasteiger partial charge is 0.190 e. The number of anilines is 2. The molecule has 8 heteroatoms. The number of fused-ring (bicyclic) bond motifs is 1. The highest BCUT2D eigenvalue weighted by molar-refractivity contribution is 7.21. The number of H-pyrrole nitrogens is 1. The van der Waals surface area contributed by atoms with Gasteiger partial charge in [0.15, 0.2) is 5.13 Å². The molecule has 1 fully saturated rings. The van der Waals surface area contributed by atoms with Crippen LogP contribution < -0.4 is 5.32 Å². The summed E-state index contributed by atoms with van der Waals surface area (Å²) in [6, 6.07) is 19.1. The van der Waals surface area contributed by atoms with Crippen LogP contribution in [0.25, 0.3) is 21.6 Å². The van der Waals surface area contributed by atoms with Gasteiger partial charge >= 0.3 is 0 Å². The first kappa shape index (κ1) is 20.9. The van der Waals surface area contributed by atoms with Gasteiger partial charge in [0.05, 0.1) is 11.9 Å². The lowest BCUT2D eigenvalue weighted by molar-refractivity contribution is 0.327. The van der Waals surface area contributed by atoms with Gasteiger partial charge in [-0.05, 0) is 61.2 Å². The predicted octanol–water partition coefficient (Wildman–Crippen LogP) is 5.52. The number of nitrogens with zero attached hydrogens (tertiary/aromatic N) is 5. The first-order valence-corrected chi connectivity index (χ1v) is 12.3. The van der Waals surface area contributed by atoms with Gasteiger partial charge in [-0.15, -0.1) is 0 Å². The zero-order valence-corrected chi connectivity index (χ0v) is 19.7. The second-order valence-electron chi connectivity index (χ2n) is 8.75. The highest BCUT2D eigenvalue weighted by Gasteiger charge is 2.23. The molecule has 34 heavy (non-hydrogen) atoms. The zero-order valence-electron chi connectivity index (χ0n) is 18.9. The Morgan fingerprint density at radius 2 is 2.03 bits per heavy atom. The molecule has 0 bridgehead atoms. The van der Waals surface area contributed by atoms with Crippen LogP contribution in [-0.2, 0) is 6.54 Å². The Labute approximate surface area is 201 Å². The summed E-state index contributed by atoms with van der Waals surface area (Å²) in [5.74, 6) is 1.42. The van der Waals surface area contributed by atoms with Crippen LogP contribution in [0.5, 0.6) is 0 Å². The Morgan fingerprint density at radius 1 is 1.12 bits per heavy atom. The molecule has 1 saturated heterocycles. The molecule has 2 N–H and O–H groups in total. The molecule has 0 radical (unpaired) electrons. The third-order valence-electron chi connectivity index (χ3n) is 6.37. The number of likely N-dealkylation sites (tertiary alicyclic amines) is 1. The average Bonchev–Trinajstić information content (AvgIpc) is 3.59. The van der Waals surface area contributed by atoms with Crippen molar-refractivity contribution in [3.05, 3.63) is 83.8 Å². The summed E-state index contributed by atoms with van der Waals surface area (Å²) in [6.45, 7) is 5.13. The summed E-state index contributed by atoms with van der Waals surface area (Å²) >= 11 is 1.53. The topological polar surface area (TPSA) is 82.6 Å². The van der Waals surface area contributed by atoms with Gasteiger partial charge in [0.25, 0.3) is 0 Å². The number of benzene rings is 1. The molecule has 1 aromatic carbocycles. The molecule has 1 aliphatic heterocycles. The number of nitrogens with one attached hydrogen (secondary N) is 2. The highest BCUT2D eigenvalue weighted by atomic mass is 32.1. The van der Waals surface area contributed by atoms with E-state index < -0.39 is 0 Å². The van der Waals surface area contributed by atoms with E-state index in [2.05, 4.69) is 67.9 Å². The molecule has 1 aliphatic rings. The lowest BCUT2D eigenvalue weighted by atomic mass is 9.99. The Balaban J connectivity index is 1.15. The van der Waals surface area contributed by atoms with E-state index in [4.69, 9.17) is 9.97 Å². The second kappa shape index (κ2) is 8.96. The van der Waals surface area contributed by atoms with Gasteiger partial charge in [0.2, 0.25) is 0 Å². The molecule has 4 aromatic heterocycles. The number of aromatic amines is 1. The number of hydrogen-bond donors (Lipinski definition) is 2. The van der Waals surface area contributed by atoms with Crippen LogP contribution in [-0.4, -0.2) is 43.1 Å². The number of pyridine rings is 2. The van der Waals surface area contributed by atoms with Crippen molar-refractivity contribution in [1.82, 2.24) is 30.0 Å². The number of rotatable bonds is 6. The molecule has 0 aliphatic carbocycles. The molecule has 5 aromatic rings. The molecule has 5 heterocycles. The lowest BCUT2D eigenvalue weighted by Crippen LogP contribution is -2.19. The molecule has 170 valence electrons. The second-order valence-corrected chi connectivity index (χ2v) is 9.73. The van der Waals surface area contributed by atoms with E-state index in [0.717, 1.165) is 57.9 Å². The van der Waals surface area contributed by atoms with Crippen LogP contribution >= 0.6 is 11.3 Å². The van der Waals surface area contributed by atoms with Crippen molar-refractivity contribution < 1.29 is 0 Å². The van der Waals surface area contributed by atoms with Crippen LogP contribution in [0.15, 0.2) is 67.0 Å². The largest absolute Gasteiger partial charge is 0.316 e. The minimum absolute atomic E-state index is 0.617. The van der Waals surface area contributed by atoms with E-state index in [9.17, 15) is 0 Å². The van der Waals surface area contributed by atoms with E-state index in [1.807, 2.05) is 31.5 Å². The normalized spacial score (nSPS) is 16.3. The summed E-state index contributed by atoms with van der Waals surface area (Å²) in [7, 11) is 0. The van der Waals surface area contributed by atoms with Gasteiger partial charge in [-0.25, -0.2) is 15.0 Å². The predicted molar refractivity (Wildman–Crippen MR) is 136 cm³/mol. The average molecular weight is 468 g/mol. The fraction of sp³-hybridized carbons (Fsp3) is 0.231. The Kier molecular flexibility index (Phi) is 5.52. The third-order valence-corrected chi connectivity index (χ3v) is 7.25. The molecule has 1 unspecified atom stereocenters. The van der Waals surface area contributed by atoms with Gasteiger partial charge in [-0.1, -0.05) is 41.7 Å². The van der Waals surface area contributed by atoms with Crippen molar-refractivity contribution in [3.8, 4) is 11.3 Å². The van der Waals surface area contributed by atoms with Gasteiger partial charge in [-0.2, -0.15) is 5.10 Å². The van der Waals surface area contributed by atoms with E-state index in [-0.39, 0.29) is 0 Å². The molecule has 7 nitrogen and oxygen atoms in total. The fourth-order valence-electron chi connectivity index (χ4n) is 4.61. The third kappa shape index (κ3) is 4.30. The van der Waals surface area contributed by atoms with E-state index in [1.54, 1.807) is 0 Å². The minimum atomic E-state index is 0.617. The molecule has 0 amide bonds. The summed E-state index contributed by atoms with van der Waals surface area (Å²) in [5, 5.41) is 11.2. The summed E-state index contributed by atoms with van der Waals surface area (Å²) < 4.78 is 0. The van der Waals surface area contributed by atoms with Gasteiger partial charge in [-0.3, -0.25) is 10.00 Å². The lowest BCUT2D eigenvalue weighted by Gasteiger charge is -2.16. The molecular weight excluding hydrogens is 442 g/mol. The van der Waals surface area contributed by atoms with Crippen molar-refractivity contribution in [3.63, 3.8) is 0 Å². The Bertz CT molecular complexity index is 1430. The first-order valence-electron chi connectivity index (χ1n) is 11.5. The highest BCUT2D eigenvalue weighted by Crippen LogP contribution is 2.31. The van der Waals surface area contributed by atoms with Crippen LogP contribution in [0.4, 0.5) is 10.9 Å². The molecular formula is C26H25N7S. The first-order chi connectivity index (χ1) is 16.7. The number of hydrogen-bond acceptors (Lipinski definition) is 7. The Hall–Kier alpha value is -3.62. The van der Waals surface area contributed by atoms with Crippen LogP contribution in [0.2, 0.25) is 0 Å². The summed E-state index contributed by atoms with van der Waals surface area (Å²) in [4.78, 5) is 17.4. The fourth-order valence-corrected chi connectivity index (χ4v) is 5.46. The maximum Gasteiger partial charge on any atom is 0.190 e. The number of aromatic nitrogens is 5. The standard InChI is InChI=1S/C26H25N7S/c1-17-21(14-28-32-17)22-7-8-23-25(29-22)34-26(30-23)31-24-13-18(9-11-27-24)15-33-12-10-20(16-33)19-5-3-2-4-6-19/h2-9,11,13-14,20H,10,12,15-16H2,1H3,(H,28,32)(H,27,30,31). The minimum Gasteiger partial charge on any atom is -0.316 e. The zero-order chi connectivity index (χ0) is 22.9. The van der Waals surface area contributed by atoms with Crippen molar-refractivity contribution in [1.29, 1.82) is 0 Å². The van der Waals surface area contributed by atoms with Crippen molar-refractivity contribution in [2.45, 2.75) is 25.8 Å².